The third-order valence-corrected chi connectivity index (χ3v) is 7.44. The maximum atomic E-state index is 10.0. The van der Waals surface area contributed by atoms with Crippen LogP contribution in [0.3, 0.4) is 0 Å². The molecule has 184 valence electrons. The average molecular weight is 476 g/mol. The van der Waals surface area contributed by atoms with Crippen molar-refractivity contribution in [1.82, 2.24) is 15.0 Å². The second-order valence-electron chi connectivity index (χ2n) is 8.73. The molecule has 0 radical (unpaired) electrons. The van der Waals surface area contributed by atoms with Gasteiger partial charge in [0.1, 0.15) is 35.5 Å². The summed E-state index contributed by atoms with van der Waals surface area (Å²) in [6, 6.07) is 0. The molecule has 0 spiro atoms. The molecule has 11 heteroatoms. The van der Waals surface area contributed by atoms with Crippen LogP contribution >= 0.6 is 11.8 Å². The number of thioether (sulfide) groups is 1. The summed E-state index contributed by atoms with van der Waals surface area (Å²) in [5.74, 6) is 1.06. The van der Waals surface area contributed by atoms with Crippen molar-refractivity contribution < 1.29 is 35.0 Å². The molecule has 2 aliphatic rings. The van der Waals surface area contributed by atoms with Gasteiger partial charge in [-0.05, 0) is 31.4 Å². The van der Waals surface area contributed by atoms with Crippen LogP contribution in [0.25, 0.3) is 0 Å². The van der Waals surface area contributed by atoms with Gasteiger partial charge in [0.2, 0.25) is 0 Å². The van der Waals surface area contributed by atoms with E-state index in [9.17, 15) is 25.5 Å². The lowest BCUT2D eigenvalue weighted by Gasteiger charge is -2.39. The number of hydrogen-bond acceptors (Lipinski definition) is 10. The second-order valence-corrected chi connectivity index (χ2v) is 9.93. The zero-order chi connectivity index (χ0) is 22.9. The van der Waals surface area contributed by atoms with Gasteiger partial charge in [0.05, 0.1) is 25.5 Å². The molecule has 1 aromatic rings. The van der Waals surface area contributed by atoms with Crippen LogP contribution in [0.2, 0.25) is 0 Å². The summed E-state index contributed by atoms with van der Waals surface area (Å²) in [7, 11) is 0. The third-order valence-electron chi connectivity index (χ3n) is 6.20. The first-order valence-electron chi connectivity index (χ1n) is 11.6. The Bertz CT molecular complexity index is 665. The first-order chi connectivity index (χ1) is 15.5. The van der Waals surface area contributed by atoms with Gasteiger partial charge >= 0.3 is 0 Å². The molecule has 0 bridgehead atoms. The molecule has 1 aliphatic carbocycles. The fourth-order valence-electron chi connectivity index (χ4n) is 3.92. The maximum Gasteiger partial charge on any atom is 0.132 e. The smallest absolute Gasteiger partial charge is 0.132 e. The van der Waals surface area contributed by atoms with Crippen molar-refractivity contribution in [2.45, 2.75) is 94.1 Å². The van der Waals surface area contributed by atoms with Gasteiger partial charge in [0.15, 0.2) is 0 Å². The van der Waals surface area contributed by atoms with Crippen LogP contribution in [0.15, 0.2) is 6.20 Å². The summed E-state index contributed by atoms with van der Waals surface area (Å²) in [6.07, 6.45) is 4.12. The van der Waals surface area contributed by atoms with E-state index in [0.717, 1.165) is 56.4 Å². The fraction of sp³-hybridized carbons (Fsp3) is 0.905. The lowest BCUT2D eigenvalue weighted by molar-refractivity contribution is -0.205. The molecule has 7 unspecified atom stereocenters. The summed E-state index contributed by atoms with van der Waals surface area (Å²) >= 11 is 1.40. The van der Waals surface area contributed by atoms with Gasteiger partial charge in [-0.1, -0.05) is 24.5 Å². The highest BCUT2D eigenvalue weighted by atomic mass is 32.2. The SMILES string of the molecule is OCC1OC(SCCCCCCCOCc2cn(CC3CCC3O)nn2)C(O)C(O)C1O. The highest BCUT2D eigenvalue weighted by Gasteiger charge is 2.43. The van der Waals surface area contributed by atoms with Crippen molar-refractivity contribution in [3.05, 3.63) is 11.9 Å². The molecular weight excluding hydrogens is 438 g/mol. The number of hydrogen-bond donors (Lipinski definition) is 5. The fourth-order valence-corrected chi connectivity index (χ4v) is 5.10. The molecule has 0 amide bonds. The van der Waals surface area contributed by atoms with Crippen LogP contribution in [0.5, 0.6) is 0 Å². The monoisotopic (exact) mass is 475 g/mol. The van der Waals surface area contributed by atoms with Crippen LogP contribution in [-0.2, 0) is 22.6 Å². The summed E-state index contributed by atoms with van der Waals surface area (Å²) in [6.45, 7) is 1.44. The molecule has 32 heavy (non-hydrogen) atoms. The van der Waals surface area contributed by atoms with Gasteiger partial charge in [-0.15, -0.1) is 16.9 Å². The van der Waals surface area contributed by atoms with Crippen molar-refractivity contribution in [3.8, 4) is 0 Å². The van der Waals surface area contributed by atoms with E-state index in [0.29, 0.717) is 25.7 Å². The van der Waals surface area contributed by atoms with Crippen LogP contribution in [-0.4, -0.2) is 95.4 Å². The molecule has 10 nitrogen and oxygen atoms in total. The Balaban J connectivity index is 1.16. The van der Waals surface area contributed by atoms with Crippen LogP contribution < -0.4 is 0 Å². The third kappa shape index (κ3) is 7.36. The zero-order valence-corrected chi connectivity index (χ0v) is 19.2. The van der Waals surface area contributed by atoms with Crippen molar-refractivity contribution >= 4 is 11.8 Å². The second kappa shape index (κ2) is 13.2. The average Bonchev–Trinajstić information content (AvgIpc) is 3.25. The first kappa shape index (κ1) is 25.8. The Morgan fingerprint density at radius 2 is 1.81 bits per heavy atom. The molecule has 1 aliphatic heterocycles. The molecule has 2 heterocycles. The standard InChI is InChI=1S/C21H37N3O7S/c25-12-17-18(27)19(28)20(29)21(31-17)32-9-5-3-1-2-4-8-30-13-15-11-24(23-22-15)10-14-6-7-16(14)26/h11,14,16-21,25-29H,1-10,12-13H2. The van der Waals surface area contributed by atoms with Crippen molar-refractivity contribution in [2.75, 3.05) is 19.0 Å². The minimum Gasteiger partial charge on any atom is -0.394 e. The summed E-state index contributed by atoms with van der Waals surface area (Å²) in [4.78, 5) is 0. The van der Waals surface area contributed by atoms with E-state index in [4.69, 9.17) is 9.47 Å². The molecule has 0 aromatic carbocycles. The van der Waals surface area contributed by atoms with Crippen LogP contribution in [0.4, 0.5) is 0 Å². The Morgan fingerprint density at radius 1 is 1.03 bits per heavy atom. The Kier molecular flexibility index (Phi) is 10.6. The number of aliphatic hydroxyl groups is 5. The molecule has 1 aromatic heterocycles. The van der Waals surface area contributed by atoms with E-state index < -0.39 is 36.5 Å². The van der Waals surface area contributed by atoms with E-state index in [1.165, 1.54) is 11.8 Å². The van der Waals surface area contributed by atoms with E-state index in [-0.39, 0.29) is 6.10 Å². The summed E-state index contributed by atoms with van der Waals surface area (Å²) in [5, 5.41) is 56.7. The minimum atomic E-state index is -1.31. The first-order valence-corrected chi connectivity index (χ1v) is 12.6. The molecule has 1 saturated carbocycles. The maximum absolute atomic E-state index is 10.0. The predicted octanol–water partition coefficient (Wildman–Crippen LogP) is 0.0492. The topological polar surface area (TPSA) is 150 Å². The molecule has 3 rings (SSSR count). The van der Waals surface area contributed by atoms with Gasteiger partial charge in [-0.3, -0.25) is 4.68 Å². The molecule has 2 fully saturated rings. The number of ether oxygens (including phenoxy) is 2. The van der Waals surface area contributed by atoms with Gasteiger partial charge in [-0.25, -0.2) is 0 Å². The van der Waals surface area contributed by atoms with Gasteiger partial charge < -0.3 is 35.0 Å². The molecular formula is C21H37N3O7S. The van der Waals surface area contributed by atoms with E-state index >= 15 is 0 Å². The highest BCUT2D eigenvalue weighted by Crippen LogP contribution is 2.29. The Labute approximate surface area is 192 Å². The van der Waals surface area contributed by atoms with Gasteiger partial charge in [-0.2, -0.15) is 0 Å². The molecule has 5 N–H and O–H groups in total. The van der Waals surface area contributed by atoms with Crippen molar-refractivity contribution in [1.29, 1.82) is 0 Å². The number of aliphatic hydroxyl groups excluding tert-OH is 5. The van der Waals surface area contributed by atoms with Crippen LogP contribution in [0.1, 0.15) is 50.6 Å². The minimum absolute atomic E-state index is 0.203. The number of rotatable bonds is 14. The highest BCUT2D eigenvalue weighted by molar-refractivity contribution is 7.99. The summed E-state index contributed by atoms with van der Waals surface area (Å²) in [5.41, 5.74) is 0.166. The van der Waals surface area contributed by atoms with E-state index in [1.807, 2.05) is 6.20 Å². The number of aromatic nitrogens is 3. The lowest BCUT2D eigenvalue weighted by Crippen LogP contribution is -2.57. The van der Waals surface area contributed by atoms with Crippen molar-refractivity contribution in [2.24, 2.45) is 5.92 Å². The predicted molar refractivity (Wildman–Crippen MR) is 118 cm³/mol. The van der Waals surface area contributed by atoms with E-state index in [1.54, 1.807) is 4.68 Å². The zero-order valence-electron chi connectivity index (χ0n) is 18.4. The number of unbranched alkanes of at least 4 members (excludes halogenated alkanes) is 4. The largest absolute Gasteiger partial charge is 0.394 e. The van der Waals surface area contributed by atoms with Gasteiger partial charge in [0.25, 0.3) is 0 Å². The molecule has 1 saturated heterocycles. The number of nitrogens with zero attached hydrogens (tertiary/aromatic N) is 3. The quantitative estimate of drug-likeness (QED) is 0.234. The van der Waals surface area contributed by atoms with Gasteiger partial charge in [0, 0.05) is 19.1 Å². The van der Waals surface area contributed by atoms with Crippen molar-refractivity contribution in [3.63, 3.8) is 0 Å². The summed E-state index contributed by atoms with van der Waals surface area (Å²) < 4.78 is 13.0. The van der Waals surface area contributed by atoms with E-state index in [2.05, 4.69) is 10.3 Å². The molecule has 7 atom stereocenters. The van der Waals surface area contributed by atoms with Crippen LogP contribution in [0, 0.1) is 5.92 Å². The Morgan fingerprint density at radius 3 is 2.53 bits per heavy atom. The lowest BCUT2D eigenvalue weighted by atomic mass is 9.82. The normalized spacial score (nSPS) is 32.7. The Hall–Kier alpha value is -0.790.